The standard InChI is InChI=1S/C20H18FN7O.C20H18FN7.C19H15ClFN7.C17H13ClFN7/c1-29-13-9-7-12(8-10-13)23-19-25-18(22)26-20(27-19)28-15-4-2-3-14(21)16(15)24-17(28)11-5-6-11;1-11-5-9-13(10-6-11)23-19-25-18(22)26-20(27-19)28-15-4-2-3-14(21)16(15)24-17(28)12-7-8-12;20-11-6-8-12(9-7-11)23-18-25-17(22)26-19(27-18)28-14-3-1-2-13(21)15(14)24-16(28)10-4-5-10;1-9-21-14-12(19)3-2-4-13(14)26(9)17-24-15(20)23-16(25-17)22-11-7-5-10(18)6-8-11/h2-4,7-11H,5-6H2,1H3,(H3,22,23,25,26,27);2-6,9-10,12H,7-8H2,1H3,(H3,22,23,25,26,27);1-3,6-10H,4-5H2,(H3,22,23,25,26,27);2-8H,1H3,(H3,20,22,23,24,25). The largest absolute Gasteiger partial charge is 0.497 e. The number of hydrogen-bond acceptors (Lipinski definition) is 25. The number of aryl methyl sites for hydroxylation is 2. The van der Waals surface area contributed by atoms with Crippen LogP contribution in [0.4, 0.5) is 87.9 Å². The van der Waals surface area contributed by atoms with E-state index in [1.165, 1.54) is 24.3 Å². The molecule has 3 aliphatic rings. The molecule has 0 radical (unpaired) electrons. The number of nitrogens with two attached hydrogens (primary N) is 4. The molecule has 0 aliphatic heterocycles. The van der Waals surface area contributed by atoms with Crippen LogP contribution in [0.5, 0.6) is 5.75 Å². The number of fused-ring (bicyclic) bond motifs is 4. The van der Waals surface area contributed by atoms with Gasteiger partial charge in [-0.3, -0.25) is 18.3 Å². The first-order valence-electron chi connectivity index (χ1n) is 34.8. The summed E-state index contributed by atoms with van der Waals surface area (Å²) in [7, 11) is 1.61. The van der Waals surface area contributed by atoms with Crippen LogP contribution in [0.1, 0.15) is 85.1 Å². The predicted octanol–water partition coefficient (Wildman–Crippen LogP) is 15.3. The fourth-order valence-corrected chi connectivity index (χ4v) is 12.5. The molecule has 8 aromatic heterocycles. The van der Waals surface area contributed by atoms with E-state index in [1.807, 2.05) is 61.5 Å². The molecule has 12 N–H and O–H groups in total. The number of anilines is 12. The summed E-state index contributed by atoms with van der Waals surface area (Å²) in [5, 5.41) is 13.6. The molecule has 8 aromatic carbocycles. The van der Waals surface area contributed by atoms with Crippen molar-refractivity contribution >= 4 is 138 Å². The molecule has 0 amide bonds. The Hall–Kier alpha value is -13.8. The van der Waals surface area contributed by atoms with Crippen LogP contribution in [-0.2, 0) is 0 Å². The highest BCUT2D eigenvalue weighted by Crippen LogP contribution is 2.45. The summed E-state index contributed by atoms with van der Waals surface area (Å²) in [5.74, 6) is 5.37. The van der Waals surface area contributed by atoms with Gasteiger partial charge in [0.1, 0.15) is 51.1 Å². The minimum Gasteiger partial charge on any atom is -0.497 e. The Labute approximate surface area is 637 Å². The zero-order valence-electron chi connectivity index (χ0n) is 59.1. The second-order valence-electron chi connectivity index (χ2n) is 26.0. The third-order valence-electron chi connectivity index (χ3n) is 17.8. The summed E-state index contributed by atoms with van der Waals surface area (Å²) >= 11 is 11.8. The first-order chi connectivity index (χ1) is 53.8. The van der Waals surface area contributed by atoms with E-state index in [1.54, 1.807) is 123 Å². The number of hydrogen-bond donors (Lipinski definition) is 8. The van der Waals surface area contributed by atoms with Gasteiger partial charge in [-0.25, -0.2) is 37.5 Å². The van der Waals surface area contributed by atoms with E-state index in [0.717, 1.165) is 90.1 Å². The van der Waals surface area contributed by atoms with Crippen molar-refractivity contribution in [2.24, 2.45) is 0 Å². The maximum atomic E-state index is 14.3. The lowest BCUT2D eigenvalue weighted by atomic mass is 10.2. The SMILES string of the molecule is COc1ccc(Nc2nc(N)nc(-n3c(C4CC4)nc4c(F)cccc43)n2)cc1.Cc1ccc(Nc2nc(N)nc(-n3c(C4CC4)nc4c(F)cccc43)n2)cc1.Cc1nc2c(F)cccc2n1-c1nc(N)nc(Nc2ccc(Cl)cc2)n1.Nc1nc(Nc2ccc(Cl)cc2)nc(-n2c(C3CC3)nc3c(F)cccc32)n1. The number of methoxy groups -OCH3 is 1. The van der Waals surface area contributed by atoms with E-state index < -0.39 is 5.82 Å². The van der Waals surface area contributed by atoms with Gasteiger partial charge in [-0.2, -0.15) is 59.8 Å². The van der Waals surface area contributed by atoms with Crippen LogP contribution < -0.4 is 48.9 Å². The van der Waals surface area contributed by atoms with Crippen molar-refractivity contribution in [3.63, 3.8) is 0 Å². The summed E-state index contributed by atoms with van der Waals surface area (Å²) in [6.45, 7) is 3.76. The Morgan fingerprint density at radius 1 is 0.333 bits per heavy atom. The number of ether oxygens (including phenoxy) is 1. The van der Waals surface area contributed by atoms with E-state index in [-0.39, 0.29) is 88.3 Å². The number of benzene rings is 8. The molecule has 0 bridgehead atoms. The zero-order valence-corrected chi connectivity index (χ0v) is 60.6. The lowest BCUT2D eigenvalue weighted by molar-refractivity contribution is 0.415. The number of nitrogens with one attached hydrogen (secondary N) is 4. The Kier molecular flexibility index (Phi) is 19.4. The van der Waals surface area contributed by atoms with E-state index in [2.05, 4.69) is 101 Å². The molecule has 111 heavy (non-hydrogen) atoms. The van der Waals surface area contributed by atoms with E-state index in [4.69, 9.17) is 50.9 Å². The number of nitrogens with zero attached hydrogens (tertiary/aromatic N) is 20. The molecule has 0 spiro atoms. The van der Waals surface area contributed by atoms with Gasteiger partial charge < -0.3 is 48.9 Å². The van der Waals surface area contributed by atoms with Crippen molar-refractivity contribution in [2.75, 3.05) is 51.3 Å². The van der Waals surface area contributed by atoms with Gasteiger partial charge in [0, 0.05) is 50.5 Å². The number of nitrogen functional groups attached to an aromatic ring is 4. The van der Waals surface area contributed by atoms with E-state index in [0.29, 0.717) is 78.3 Å². The summed E-state index contributed by atoms with van der Waals surface area (Å²) in [4.78, 5) is 69.4. The van der Waals surface area contributed by atoms with Gasteiger partial charge in [-0.05, 0) is 186 Å². The first-order valence-corrected chi connectivity index (χ1v) is 35.6. The van der Waals surface area contributed by atoms with Crippen LogP contribution >= 0.6 is 23.2 Å². The molecule has 16 aromatic rings. The van der Waals surface area contributed by atoms with Crippen molar-refractivity contribution in [1.82, 2.24) is 98.0 Å². The van der Waals surface area contributed by atoms with Crippen molar-refractivity contribution in [2.45, 2.75) is 70.1 Å². The van der Waals surface area contributed by atoms with Gasteiger partial charge in [-0.1, -0.05) is 65.2 Å². The lowest BCUT2D eigenvalue weighted by Crippen LogP contribution is -2.11. The number of para-hydroxylation sites is 4. The highest BCUT2D eigenvalue weighted by atomic mass is 35.5. The predicted molar refractivity (Wildman–Crippen MR) is 416 cm³/mol. The highest BCUT2D eigenvalue weighted by molar-refractivity contribution is 6.31. The van der Waals surface area contributed by atoms with Crippen LogP contribution in [0.2, 0.25) is 10.0 Å². The molecule has 8 heterocycles. The second kappa shape index (κ2) is 30.1. The van der Waals surface area contributed by atoms with Crippen LogP contribution in [-0.4, -0.2) is 105 Å². The third kappa shape index (κ3) is 15.7. The quantitative estimate of drug-likeness (QED) is 0.0417. The average Bonchev–Trinajstić information content (AvgIpc) is 1.62. The van der Waals surface area contributed by atoms with E-state index in [9.17, 15) is 17.6 Å². The smallest absolute Gasteiger partial charge is 0.242 e. The molecule has 35 heteroatoms. The number of rotatable bonds is 16. The van der Waals surface area contributed by atoms with Crippen molar-refractivity contribution in [1.29, 1.82) is 0 Å². The van der Waals surface area contributed by atoms with Crippen LogP contribution in [0.3, 0.4) is 0 Å². The fraction of sp³-hybridized carbons (Fsp3) is 0.158. The van der Waals surface area contributed by atoms with Crippen molar-refractivity contribution < 1.29 is 22.3 Å². The first kappa shape index (κ1) is 71.4. The van der Waals surface area contributed by atoms with E-state index >= 15 is 0 Å². The van der Waals surface area contributed by atoms with Crippen LogP contribution in [0.25, 0.3) is 67.9 Å². The Morgan fingerprint density at radius 3 is 0.901 bits per heavy atom. The lowest BCUT2D eigenvalue weighted by Gasteiger charge is -2.10. The summed E-state index contributed by atoms with van der Waals surface area (Å²) in [5.41, 5.74) is 31.5. The molecule has 3 aliphatic carbocycles. The van der Waals surface area contributed by atoms with Gasteiger partial charge in [0.15, 0.2) is 23.3 Å². The molecule has 0 atom stereocenters. The number of halogens is 6. The molecule has 29 nitrogen and oxygen atoms in total. The third-order valence-corrected chi connectivity index (χ3v) is 18.3. The second-order valence-corrected chi connectivity index (χ2v) is 26.9. The van der Waals surface area contributed by atoms with Crippen LogP contribution in [0, 0.1) is 37.1 Å². The average molecular weight is 1530 g/mol. The summed E-state index contributed by atoms with van der Waals surface area (Å²) < 4.78 is 69.0. The van der Waals surface area contributed by atoms with Crippen molar-refractivity contribution in [3.05, 3.63) is 232 Å². The molecule has 556 valence electrons. The highest BCUT2D eigenvalue weighted by Gasteiger charge is 2.35. The van der Waals surface area contributed by atoms with Crippen LogP contribution in [0.15, 0.2) is 170 Å². The number of imidazole rings is 4. The Morgan fingerprint density at radius 2 is 0.604 bits per heavy atom. The molecule has 19 rings (SSSR count). The molecule has 3 saturated carbocycles. The monoisotopic (exact) mass is 1530 g/mol. The summed E-state index contributed by atoms with van der Waals surface area (Å²) in [6, 6.07) is 48.6. The Balaban J connectivity index is 0.000000112. The van der Waals surface area contributed by atoms with Gasteiger partial charge in [0.25, 0.3) is 0 Å². The topological polar surface area (TPSA) is 387 Å². The van der Waals surface area contributed by atoms with Gasteiger partial charge in [0.2, 0.25) is 71.4 Å². The van der Waals surface area contributed by atoms with Gasteiger partial charge >= 0.3 is 0 Å². The summed E-state index contributed by atoms with van der Waals surface area (Å²) in [6.07, 6.45) is 6.04. The maximum Gasteiger partial charge on any atom is 0.242 e. The minimum atomic E-state index is -0.411. The normalized spacial score (nSPS) is 13.1. The molecule has 0 unspecified atom stereocenters. The van der Waals surface area contributed by atoms with Gasteiger partial charge in [0.05, 0.1) is 29.2 Å². The molecule has 3 fully saturated rings. The molecular weight excluding hydrogens is 1470 g/mol. The maximum absolute atomic E-state index is 14.3. The van der Waals surface area contributed by atoms with Crippen molar-refractivity contribution in [3.8, 4) is 29.5 Å². The zero-order chi connectivity index (χ0) is 76.7. The molecule has 0 saturated heterocycles. The Bertz CT molecular complexity index is 5990. The molecular formula is C76H64Cl2F4N28O. The number of aromatic nitrogens is 20. The minimum absolute atomic E-state index is 0.0316. The van der Waals surface area contributed by atoms with Gasteiger partial charge in [-0.15, -0.1) is 0 Å². The fourth-order valence-electron chi connectivity index (χ4n) is 12.2.